The Morgan fingerprint density at radius 2 is 1.15 bits per heavy atom. The van der Waals surface area contributed by atoms with Gasteiger partial charge in [-0.3, -0.25) is 9.59 Å². The third-order valence-electron chi connectivity index (χ3n) is 4.95. The van der Waals surface area contributed by atoms with Crippen LogP contribution in [0.1, 0.15) is 76.3 Å². The van der Waals surface area contributed by atoms with Gasteiger partial charge in [0.05, 0.1) is 0 Å². The summed E-state index contributed by atoms with van der Waals surface area (Å²) in [5, 5.41) is 0. The maximum atomic E-state index is 11.6. The van der Waals surface area contributed by atoms with Gasteiger partial charge in [-0.05, 0) is 24.0 Å². The van der Waals surface area contributed by atoms with E-state index in [1.165, 1.54) is 30.1 Å². The molecule has 0 aliphatic heterocycles. The molecule has 4 nitrogen and oxygen atoms in total. The molecule has 0 atom stereocenters. The summed E-state index contributed by atoms with van der Waals surface area (Å²) in [6.07, 6.45) is 7.76. The van der Waals surface area contributed by atoms with E-state index in [0.29, 0.717) is 38.9 Å². The van der Waals surface area contributed by atoms with Gasteiger partial charge in [0.25, 0.3) is 0 Å². The molecule has 0 saturated heterocycles. The molecule has 0 saturated carbocycles. The van der Waals surface area contributed by atoms with Crippen LogP contribution in [-0.4, -0.2) is 33.1 Å². The molecule has 2 aromatic carbocycles. The molecule has 0 heterocycles. The molecule has 0 spiro atoms. The predicted molar refractivity (Wildman–Crippen MR) is 136 cm³/mol. The van der Waals surface area contributed by atoms with Crippen LogP contribution in [0.3, 0.4) is 0 Å². The molecule has 0 fully saturated rings. The minimum absolute atomic E-state index is 0.161. The fourth-order valence-electron chi connectivity index (χ4n) is 3.01. The Morgan fingerprint density at radius 3 is 1.58 bits per heavy atom. The van der Waals surface area contributed by atoms with Gasteiger partial charge in [0, 0.05) is 12.8 Å². The zero-order chi connectivity index (χ0) is 24.0. The Kier molecular flexibility index (Phi) is 18.4. The van der Waals surface area contributed by atoms with Gasteiger partial charge >= 0.3 is 81.5 Å². The van der Waals surface area contributed by atoms with E-state index >= 15 is 0 Å². The Balaban J connectivity index is 0.000000513. The number of carbonyl (C=O) groups excluding carboxylic acids is 2. The van der Waals surface area contributed by atoms with E-state index in [4.69, 9.17) is 9.47 Å². The normalized spacial score (nSPS) is 10.1. The molecular formula is C28H40O4Sn. The Hall–Kier alpha value is -1.82. The van der Waals surface area contributed by atoms with E-state index in [9.17, 15) is 9.59 Å². The van der Waals surface area contributed by atoms with Crippen LogP contribution in [0.4, 0.5) is 0 Å². The van der Waals surface area contributed by atoms with E-state index in [0.717, 1.165) is 11.1 Å². The SMILES string of the molecule is CCCCC[CH2][Sn][CH2]C.O=C(CCCCC(=O)OCc1ccccc1)OCc1ccccc1. The van der Waals surface area contributed by atoms with Gasteiger partial charge in [0.15, 0.2) is 0 Å². The molecule has 0 unspecified atom stereocenters. The summed E-state index contributed by atoms with van der Waals surface area (Å²) in [5.74, 6) is -0.479. The molecule has 0 aromatic heterocycles. The molecule has 180 valence electrons. The van der Waals surface area contributed by atoms with Crippen molar-refractivity contribution >= 4 is 33.1 Å². The van der Waals surface area contributed by atoms with Gasteiger partial charge in [-0.25, -0.2) is 0 Å². The second kappa shape index (κ2) is 20.8. The second-order valence-corrected chi connectivity index (χ2v) is 12.8. The molecule has 2 aromatic rings. The van der Waals surface area contributed by atoms with Gasteiger partial charge < -0.3 is 9.47 Å². The Bertz CT molecular complexity index is 671. The standard InChI is InChI=1S/C20H22O4.C6H13.C2H5.Sn/c21-19(23-15-17-9-3-1-4-10-17)13-7-8-14-20(22)24-16-18-11-5-2-6-12-18;1-3-5-6-4-2;1-2;/h1-6,9-12H,7-8,13-16H2;1,3-6H2,2H3;1H2,2H3;. The van der Waals surface area contributed by atoms with Crippen molar-refractivity contribution in [3.63, 3.8) is 0 Å². The van der Waals surface area contributed by atoms with Gasteiger partial charge in [-0.2, -0.15) is 0 Å². The molecule has 2 radical (unpaired) electrons. The number of benzene rings is 2. The van der Waals surface area contributed by atoms with Crippen LogP contribution in [0.2, 0.25) is 8.87 Å². The van der Waals surface area contributed by atoms with Gasteiger partial charge in [0.2, 0.25) is 0 Å². The van der Waals surface area contributed by atoms with Crippen LogP contribution in [-0.2, 0) is 32.3 Å². The van der Waals surface area contributed by atoms with E-state index < -0.39 is 0 Å². The number of unbranched alkanes of at least 4 members (excludes halogenated alkanes) is 4. The smallest absolute Gasteiger partial charge is 0.306 e. The first-order valence-electron chi connectivity index (χ1n) is 12.3. The number of esters is 2. The van der Waals surface area contributed by atoms with Crippen molar-refractivity contribution < 1.29 is 19.1 Å². The van der Waals surface area contributed by atoms with Crippen LogP contribution in [0.25, 0.3) is 0 Å². The van der Waals surface area contributed by atoms with Crippen molar-refractivity contribution in [2.24, 2.45) is 0 Å². The van der Waals surface area contributed by atoms with Crippen molar-refractivity contribution in [3.05, 3.63) is 71.8 Å². The second-order valence-electron chi connectivity index (χ2n) is 7.91. The van der Waals surface area contributed by atoms with E-state index in [2.05, 4.69) is 13.8 Å². The summed E-state index contributed by atoms with van der Waals surface area (Å²) in [6.45, 7) is 5.20. The molecule has 2 rings (SSSR count). The summed E-state index contributed by atoms with van der Waals surface area (Å²) in [5.41, 5.74) is 1.94. The summed E-state index contributed by atoms with van der Waals surface area (Å²) in [6, 6.07) is 19.1. The summed E-state index contributed by atoms with van der Waals surface area (Å²) in [7, 11) is 0. The van der Waals surface area contributed by atoms with Gasteiger partial charge in [0.1, 0.15) is 13.2 Å². The van der Waals surface area contributed by atoms with Crippen LogP contribution >= 0.6 is 0 Å². The zero-order valence-corrected chi connectivity index (χ0v) is 23.2. The topological polar surface area (TPSA) is 52.6 Å². The fraction of sp³-hybridized carbons (Fsp3) is 0.500. The van der Waals surface area contributed by atoms with Crippen LogP contribution in [0.5, 0.6) is 0 Å². The summed E-state index contributed by atoms with van der Waals surface area (Å²) in [4.78, 5) is 23.3. The van der Waals surface area contributed by atoms with E-state index in [1.807, 2.05) is 60.7 Å². The molecular weight excluding hydrogens is 519 g/mol. The molecule has 0 amide bonds. The number of rotatable bonds is 15. The van der Waals surface area contributed by atoms with Crippen molar-refractivity contribution in [2.45, 2.75) is 87.3 Å². The third kappa shape index (κ3) is 17.3. The first-order chi connectivity index (χ1) is 16.2. The molecule has 5 heteroatoms. The maximum absolute atomic E-state index is 11.6. The van der Waals surface area contributed by atoms with E-state index in [-0.39, 0.29) is 33.1 Å². The average molecular weight is 559 g/mol. The minimum Gasteiger partial charge on any atom is -0.461 e. The largest absolute Gasteiger partial charge is 0.461 e. The van der Waals surface area contributed by atoms with Crippen LogP contribution in [0.15, 0.2) is 60.7 Å². The fourth-order valence-corrected chi connectivity index (χ4v) is 5.45. The van der Waals surface area contributed by atoms with E-state index in [1.54, 1.807) is 4.44 Å². The predicted octanol–water partition coefficient (Wildman–Crippen LogP) is 7.16. The average Bonchev–Trinajstić information content (AvgIpc) is 2.86. The van der Waals surface area contributed by atoms with Gasteiger partial charge in [-0.1, -0.05) is 60.7 Å². The zero-order valence-electron chi connectivity index (χ0n) is 20.4. The number of hydrogen-bond donors (Lipinski definition) is 0. The van der Waals surface area contributed by atoms with Crippen LogP contribution in [0, 0.1) is 0 Å². The first kappa shape index (κ1) is 29.2. The molecule has 0 N–H and O–H groups in total. The molecule has 0 aliphatic rings. The summed E-state index contributed by atoms with van der Waals surface area (Å²) < 4.78 is 13.5. The molecule has 33 heavy (non-hydrogen) atoms. The quantitative estimate of drug-likeness (QED) is 0.132. The minimum atomic E-state index is -0.239. The van der Waals surface area contributed by atoms with Crippen molar-refractivity contribution in [2.75, 3.05) is 0 Å². The maximum Gasteiger partial charge on any atom is 0.306 e. The van der Waals surface area contributed by atoms with Gasteiger partial charge in [-0.15, -0.1) is 0 Å². The summed E-state index contributed by atoms with van der Waals surface area (Å²) >= 11 is 0.161. The number of hydrogen-bond acceptors (Lipinski definition) is 4. The first-order valence-corrected chi connectivity index (χ1v) is 16.3. The van der Waals surface area contributed by atoms with Crippen LogP contribution < -0.4 is 0 Å². The Labute approximate surface area is 210 Å². The molecule has 0 bridgehead atoms. The van der Waals surface area contributed by atoms with Crippen molar-refractivity contribution in [1.82, 2.24) is 0 Å². The third-order valence-corrected chi connectivity index (χ3v) is 8.40. The number of carbonyl (C=O) groups is 2. The van der Waals surface area contributed by atoms with Crippen molar-refractivity contribution in [3.8, 4) is 0 Å². The number of ether oxygens (including phenoxy) is 2. The monoisotopic (exact) mass is 560 g/mol. The molecule has 0 aliphatic carbocycles. The van der Waals surface area contributed by atoms with Crippen molar-refractivity contribution in [1.29, 1.82) is 0 Å². The Morgan fingerprint density at radius 1 is 0.667 bits per heavy atom.